The number of carbonyl (C=O) groups excluding carboxylic acids is 1. The number of phenols is 1. The first-order valence-electron chi connectivity index (χ1n) is 10.2. The largest absolute Gasteiger partial charge is 0.506 e. The molecule has 154 valence electrons. The van der Waals surface area contributed by atoms with Crippen LogP contribution in [0.15, 0.2) is 72.8 Å². The molecule has 2 atom stereocenters. The van der Waals surface area contributed by atoms with E-state index < -0.39 is 5.91 Å². The number of primary amides is 1. The minimum Gasteiger partial charge on any atom is -0.506 e. The van der Waals surface area contributed by atoms with Gasteiger partial charge in [0.25, 0.3) is 0 Å². The van der Waals surface area contributed by atoms with Gasteiger partial charge in [-0.3, -0.25) is 4.79 Å². The van der Waals surface area contributed by atoms with Crippen LogP contribution >= 0.6 is 0 Å². The van der Waals surface area contributed by atoms with Crippen molar-refractivity contribution >= 4 is 11.6 Å². The number of benzene rings is 3. The van der Waals surface area contributed by atoms with Gasteiger partial charge in [-0.2, -0.15) is 0 Å². The van der Waals surface area contributed by atoms with E-state index in [9.17, 15) is 9.90 Å². The van der Waals surface area contributed by atoms with Gasteiger partial charge in [-0.25, -0.2) is 0 Å². The zero-order valence-electron chi connectivity index (χ0n) is 17.0. The van der Waals surface area contributed by atoms with Gasteiger partial charge in [0.1, 0.15) is 5.75 Å². The van der Waals surface area contributed by atoms with E-state index in [1.54, 1.807) is 18.2 Å². The molecule has 1 fully saturated rings. The second-order valence-electron chi connectivity index (χ2n) is 7.69. The highest BCUT2D eigenvalue weighted by atomic mass is 16.5. The maximum atomic E-state index is 11.4. The molecule has 3 aromatic carbocycles. The lowest BCUT2D eigenvalue weighted by Gasteiger charge is -2.34. The summed E-state index contributed by atoms with van der Waals surface area (Å²) in [6, 6.07) is 23.3. The van der Waals surface area contributed by atoms with Crippen LogP contribution in [0, 0.1) is 0 Å². The van der Waals surface area contributed by atoms with Crippen LogP contribution in [0.2, 0.25) is 0 Å². The Kier molecular flexibility index (Phi) is 5.72. The van der Waals surface area contributed by atoms with E-state index in [1.807, 2.05) is 42.5 Å². The van der Waals surface area contributed by atoms with Crippen LogP contribution in [0.25, 0.3) is 11.1 Å². The SMILES string of the molecule is CC1OCCC1N(Cc1ccc(C(N)=O)cc1)c1cc(-c2ccccc2)ccc1O. The average molecular weight is 402 g/mol. The number of nitrogens with two attached hydrogens (primary N) is 1. The molecule has 0 aromatic heterocycles. The standard InChI is InChI=1S/C25H26N2O3/c1-17-22(13-14-30-17)27(16-18-7-9-20(10-8-18)25(26)29)23-15-21(11-12-24(23)28)19-5-3-2-4-6-19/h2-12,15,17,22,28H,13-14,16H2,1H3,(H2,26,29). The molecule has 3 aromatic rings. The van der Waals surface area contributed by atoms with Crippen molar-refractivity contribution in [2.45, 2.75) is 32.0 Å². The molecule has 3 N–H and O–H groups in total. The predicted octanol–water partition coefficient (Wildman–Crippen LogP) is 4.34. The summed E-state index contributed by atoms with van der Waals surface area (Å²) < 4.78 is 5.83. The van der Waals surface area contributed by atoms with E-state index >= 15 is 0 Å². The van der Waals surface area contributed by atoms with Gasteiger partial charge in [0.15, 0.2) is 0 Å². The minimum absolute atomic E-state index is 0.0506. The number of aromatic hydroxyl groups is 1. The summed E-state index contributed by atoms with van der Waals surface area (Å²) in [5.41, 5.74) is 9.80. The van der Waals surface area contributed by atoms with Crippen molar-refractivity contribution < 1.29 is 14.6 Å². The van der Waals surface area contributed by atoms with Crippen molar-refractivity contribution in [3.63, 3.8) is 0 Å². The Morgan fingerprint density at radius 2 is 1.80 bits per heavy atom. The fourth-order valence-electron chi connectivity index (χ4n) is 4.05. The second kappa shape index (κ2) is 8.59. The monoisotopic (exact) mass is 402 g/mol. The molecule has 30 heavy (non-hydrogen) atoms. The molecule has 1 amide bonds. The number of nitrogens with zero attached hydrogens (tertiary/aromatic N) is 1. The van der Waals surface area contributed by atoms with Crippen LogP contribution < -0.4 is 10.6 Å². The molecule has 1 aliphatic rings. The van der Waals surface area contributed by atoms with Gasteiger partial charge in [-0.15, -0.1) is 0 Å². The number of hydrogen-bond acceptors (Lipinski definition) is 4. The van der Waals surface area contributed by atoms with Gasteiger partial charge >= 0.3 is 0 Å². The zero-order valence-corrected chi connectivity index (χ0v) is 17.0. The fourth-order valence-corrected chi connectivity index (χ4v) is 4.05. The lowest BCUT2D eigenvalue weighted by atomic mass is 10.0. The highest BCUT2D eigenvalue weighted by Gasteiger charge is 2.31. The molecule has 0 saturated carbocycles. The van der Waals surface area contributed by atoms with Crippen molar-refractivity contribution in [3.05, 3.63) is 83.9 Å². The number of carbonyl (C=O) groups is 1. The molecule has 1 saturated heterocycles. The number of phenolic OH excluding ortho intramolecular Hbond substituents is 1. The summed E-state index contributed by atoms with van der Waals surface area (Å²) in [6.07, 6.45) is 0.935. The Hall–Kier alpha value is -3.31. The minimum atomic E-state index is -0.440. The Morgan fingerprint density at radius 1 is 1.07 bits per heavy atom. The van der Waals surface area contributed by atoms with Gasteiger partial charge in [0.05, 0.1) is 17.8 Å². The molecule has 4 rings (SSSR count). The smallest absolute Gasteiger partial charge is 0.248 e. The van der Waals surface area contributed by atoms with Crippen LogP contribution in [0.1, 0.15) is 29.3 Å². The van der Waals surface area contributed by atoms with Crippen molar-refractivity contribution in [1.82, 2.24) is 0 Å². The van der Waals surface area contributed by atoms with E-state index in [4.69, 9.17) is 10.5 Å². The molecule has 0 bridgehead atoms. The molecule has 2 unspecified atom stereocenters. The third-order valence-corrected chi connectivity index (χ3v) is 5.72. The third kappa shape index (κ3) is 4.16. The predicted molar refractivity (Wildman–Crippen MR) is 119 cm³/mol. The van der Waals surface area contributed by atoms with Crippen LogP contribution in [0.3, 0.4) is 0 Å². The first-order valence-corrected chi connectivity index (χ1v) is 10.2. The highest BCUT2D eigenvalue weighted by molar-refractivity contribution is 5.92. The van der Waals surface area contributed by atoms with Crippen molar-refractivity contribution in [2.24, 2.45) is 5.73 Å². The summed E-state index contributed by atoms with van der Waals surface area (Å²) in [5.74, 6) is -0.202. The molecular formula is C25H26N2O3. The number of amides is 1. The third-order valence-electron chi connectivity index (χ3n) is 5.72. The molecule has 5 nitrogen and oxygen atoms in total. The topological polar surface area (TPSA) is 75.8 Å². The molecule has 0 radical (unpaired) electrons. The number of anilines is 1. The Bertz CT molecular complexity index is 1020. The van der Waals surface area contributed by atoms with Crippen LogP contribution in [0.4, 0.5) is 5.69 Å². The Balaban J connectivity index is 1.72. The molecule has 1 aliphatic heterocycles. The summed E-state index contributed by atoms with van der Waals surface area (Å²) >= 11 is 0. The Morgan fingerprint density at radius 3 is 2.43 bits per heavy atom. The number of ether oxygens (including phenoxy) is 1. The normalized spacial score (nSPS) is 18.3. The lowest BCUT2D eigenvalue weighted by molar-refractivity contribution is 0.1000. The summed E-state index contributed by atoms with van der Waals surface area (Å²) in [4.78, 5) is 13.6. The molecular weight excluding hydrogens is 376 g/mol. The zero-order chi connectivity index (χ0) is 21.1. The van der Waals surface area contributed by atoms with Crippen molar-refractivity contribution in [1.29, 1.82) is 0 Å². The van der Waals surface area contributed by atoms with E-state index in [0.717, 1.165) is 28.8 Å². The molecule has 1 heterocycles. The summed E-state index contributed by atoms with van der Waals surface area (Å²) in [6.45, 7) is 3.35. The second-order valence-corrected chi connectivity index (χ2v) is 7.69. The molecule has 0 aliphatic carbocycles. The van der Waals surface area contributed by atoms with Gasteiger partial charge in [-0.05, 0) is 54.3 Å². The Labute approximate surface area is 176 Å². The van der Waals surface area contributed by atoms with Crippen molar-refractivity contribution in [2.75, 3.05) is 11.5 Å². The first-order chi connectivity index (χ1) is 14.5. The maximum absolute atomic E-state index is 11.4. The highest BCUT2D eigenvalue weighted by Crippen LogP contribution is 2.37. The van der Waals surface area contributed by atoms with Crippen molar-refractivity contribution in [3.8, 4) is 16.9 Å². The summed E-state index contributed by atoms with van der Waals surface area (Å²) in [7, 11) is 0. The molecule has 5 heteroatoms. The summed E-state index contributed by atoms with van der Waals surface area (Å²) in [5, 5.41) is 10.8. The van der Waals surface area contributed by atoms with E-state index in [1.165, 1.54) is 0 Å². The maximum Gasteiger partial charge on any atom is 0.248 e. The first kappa shape index (κ1) is 20.0. The van der Waals surface area contributed by atoms with Gasteiger partial charge < -0.3 is 20.5 Å². The van der Waals surface area contributed by atoms with E-state index in [-0.39, 0.29) is 17.9 Å². The fraction of sp³-hybridized carbons (Fsp3) is 0.240. The van der Waals surface area contributed by atoms with E-state index in [2.05, 4.69) is 24.0 Å². The van der Waals surface area contributed by atoms with Crippen LogP contribution in [-0.4, -0.2) is 29.8 Å². The van der Waals surface area contributed by atoms with Crippen LogP contribution in [-0.2, 0) is 11.3 Å². The van der Waals surface area contributed by atoms with Gasteiger partial charge in [0.2, 0.25) is 5.91 Å². The van der Waals surface area contributed by atoms with Crippen LogP contribution in [0.5, 0.6) is 5.75 Å². The lowest BCUT2D eigenvalue weighted by Crippen LogP contribution is -2.39. The quantitative estimate of drug-likeness (QED) is 0.643. The van der Waals surface area contributed by atoms with E-state index in [0.29, 0.717) is 18.7 Å². The van der Waals surface area contributed by atoms with Gasteiger partial charge in [0, 0.05) is 18.7 Å². The molecule has 0 spiro atoms. The van der Waals surface area contributed by atoms with Gasteiger partial charge in [-0.1, -0.05) is 48.5 Å². The number of rotatable bonds is 6. The average Bonchev–Trinajstić information content (AvgIpc) is 3.19. The number of hydrogen-bond donors (Lipinski definition) is 2.